The molecule has 1 aliphatic carbocycles. The van der Waals surface area contributed by atoms with Gasteiger partial charge in [-0.05, 0) is 37.3 Å². The van der Waals surface area contributed by atoms with E-state index in [-0.39, 0.29) is 0 Å². The molecule has 0 unspecified atom stereocenters. The number of piperidine rings is 1. The number of nitrogens with zero attached hydrogens (tertiary/aromatic N) is 1. The Morgan fingerprint density at radius 1 is 1.20 bits per heavy atom. The van der Waals surface area contributed by atoms with Crippen LogP contribution < -0.4 is 0 Å². The Bertz CT molecular complexity index is 426. The molecule has 78 valence electrons. The fourth-order valence-corrected chi connectivity index (χ4v) is 2.79. The van der Waals surface area contributed by atoms with E-state index in [1.54, 1.807) is 0 Å². The van der Waals surface area contributed by atoms with Crippen molar-refractivity contribution in [3.05, 3.63) is 34.6 Å². The summed E-state index contributed by atoms with van der Waals surface area (Å²) in [7, 11) is 0. The maximum Gasteiger partial charge on any atom is 0.227 e. The van der Waals surface area contributed by atoms with E-state index in [1.807, 2.05) is 4.90 Å². The van der Waals surface area contributed by atoms with Gasteiger partial charge in [0.1, 0.15) is 0 Å². The molecule has 0 radical (unpaired) electrons. The standard InChI is InChI=1S/C13H15NO/c1-9-2-3-10-4-5-12(15)14-7-6-11(8-9)13(10)14/h2-3H,4-8H2,1H3. The molecular weight excluding hydrogens is 186 g/mol. The highest BCUT2D eigenvalue weighted by molar-refractivity contribution is 5.82. The Labute approximate surface area is 90.0 Å². The van der Waals surface area contributed by atoms with Gasteiger partial charge in [0.15, 0.2) is 0 Å². The summed E-state index contributed by atoms with van der Waals surface area (Å²) in [5.41, 5.74) is 5.52. The first-order valence-electron chi connectivity index (χ1n) is 5.65. The first-order chi connectivity index (χ1) is 7.25. The van der Waals surface area contributed by atoms with Gasteiger partial charge in [0.25, 0.3) is 0 Å². The molecule has 3 rings (SSSR count). The number of hydrogen-bond donors (Lipinski definition) is 0. The summed E-state index contributed by atoms with van der Waals surface area (Å²) < 4.78 is 0. The number of carbonyl (C=O) groups is 1. The summed E-state index contributed by atoms with van der Waals surface area (Å²) in [5.74, 6) is 0.316. The van der Waals surface area contributed by atoms with Crippen LogP contribution in [-0.4, -0.2) is 17.4 Å². The first kappa shape index (κ1) is 8.96. The van der Waals surface area contributed by atoms with Gasteiger partial charge in [-0.3, -0.25) is 4.79 Å². The molecule has 0 aromatic rings. The van der Waals surface area contributed by atoms with Crippen molar-refractivity contribution in [1.29, 1.82) is 0 Å². The molecule has 2 heteroatoms. The number of rotatable bonds is 0. The zero-order chi connectivity index (χ0) is 10.4. The number of allylic oxidation sites excluding steroid dienone is 4. The third kappa shape index (κ3) is 1.28. The second kappa shape index (κ2) is 3.09. The first-order valence-corrected chi connectivity index (χ1v) is 5.65. The summed E-state index contributed by atoms with van der Waals surface area (Å²) in [6, 6.07) is 0. The largest absolute Gasteiger partial charge is 0.312 e. The van der Waals surface area contributed by atoms with E-state index < -0.39 is 0 Å². The minimum atomic E-state index is 0.316. The Hall–Kier alpha value is -1.31. The summed E-state index contributed by atoms with van der Waals surface area (Å²) in [5, 5.41) is 0. The summed E-state index contributed by atoms with van der Waals surface area (Å²) in [4.78, 5) is 13.7. The minimum Gasteiger partial charge on any atom is -0.312 e. The van der Waals surface area contributed by atoms with Gasteiger partial charge in [-0.15, -0.1) is 0 Å². The molecule has 0 saturated carbocycles. The van der Waals surface area contributed by atoms with Crippen molar-refractivity contribution in [2.75, 3.05) is 6.54 Å². The minimum absolute atomic E-state index is 0.316. The molecule has 1 amide bonds. The maximum absolute atomic E-state index is 11.7. The van der Waals surface area contributed by atoms with Gasteiger partial charge in [0, 0.05) is 18.7 Å². The molecule has 1 saturated heterocycles. The predicted octanol–water partition coefficient (Wildman–Crippen LogP) is 2.54. The average molecular weight is 201 g/mol. The van der Waals surface area contributed by atoms with E-state index in [0.29, 0.717) is 12.3 Å². The van der Waals surface area contributed by atoms with Crippen LogP contribution in [0.5, 0.6) is 0 Å². The van der Waals surface area contributed by atoms with Gasteiger partial charge in [-0.25, -0.2) is 0 Å². The van der Waals surface area contributed by atoms with E-state index in [4.69, 9.17) is 0 Å². The molecule has 2 heterocycles. The van der Waals surface area contributed by atoms with Crippen LogP contribution in [0.2, 0.25) is 0 Å². The van der Waals surface area contributed by atoms with Gasteiger partial charge >= 0.3 is 0 Å². The van der Waals surface area contributed by atoms with Gasteiger partial charge in [-0.2, -0.15) is 0 Å². The van der Waals surface area contributed by atoms with E-state index in [9.17, 15) is 4.79 Å². The van der Waals surface area contributed by atoms with Crippen LogP contribution in [0, 0.1) is 0 Å². The predicted molar refractivity (Wildman–Crippen MR) is 59.0 cm³/mol. The lowest BCUT2D eigenvalue weighted by molar-refractivity contribution is -0.129. The van der Waals surface area contributed by atoms with Crippen molar-refractivity contribution in [3.8, 4) is 0 Å². The van der Waals surface area contributed by atoms with Crippen LogP contribution in [0.25, 0.3) is 0 Å². The SMILES string of the molecule is CC1=CC=C2CCC(=O)N3CCC(=C23)C1. The highest BCUT2D eigenvalue weighted by Crippen LogP contribution is 2.39. The molecule has 0 aromatic heterocycles. The lowest BCUT2D eigenvalue weighted by atomic mass is 9.98. The van der Waals surface area contributed by atoms with Crippen molar-refractivity contribution < 1.29 is 4.79 Å². The van der Waals surface area contributed by atoms with Gasteiger partial charge in [0.2, 0.25) is 5.91 Å². The van der Waals surface area contributed by atoms with Gasteiger partial charge in [-0.1, -0.05) is 17.7 Å². The molecule has 2 nitrogen and oxygen atoms in total. The molecule has 0 aromatic carbocycles. The number of hydrogen-bond acceptors (Lipinski definition) is 1. The normalized spacial score (nSPS) is 24.9. The van der Waals surface area contributed by atoms with Crippen molar-refractivity contribution in [1.82, 2.24) is 4.90 Å². The molecule has 15 heavy (non-hydrogen) atoms. The van der Waals surface area contributed by atoms with Gasteiger partial charge in [0.05, 0.1) is 0 Å². The van der Waals surface area contributed by atoms with Crippen molar-refractivity contribution in [2.45, 2.75) is 32.6 Å². The van der Waals surface area contributed by atoms with Crippen LogP contribution in [0.15, 0.2) is 34.6 Å². The summed E-state index contributed by atoms with van der Waals surface area (Å²) >= 11 is 0. The molecule has 2 aliphatic heterocycles. The summed E-state index contributed by atoms with van der Waals surface area (Å²) in [6.07, 6.45) is 8.17. The van der Waals surface area contributed by atoms with Crippen molar-refractivity contribution >= 4 is 5.91 Å². The van der Waals surface area contributed by atoms with Crippen molar-refractivity contribution in [3.63, 3.8) is 0 Å². The van der Waals surface area contributed by atoms with Crippen molar-refractivity contribution in [2.24, 2.45) is 0 Å². The zero-order valence-corrected chi connectivity index (χ0v) is 9.05. The monoisotopic (exact) mass is 201 g/mol. The topological polar surface area (TPSA) is 20.3 Å². The van der Waals surface area contributed by atoms with E-state index in [1.165, 1.54) is 22.4 Å². The van der Waals surface area contributed by atoms with Crippen LogP contribution in [0.1, 0.15) is 32.6 Å². The third-order valence-electron chi connectivity index (χ3n) is 3.52. The molecule has 3 aliphatic rings. The number of amides is 1. The lowest BCUT2D eigenvalue weighted by Gasteiger charge is -2.27. The van der Waals surface area contributed by atoms with Crippen LogP contribution in [-0.2, 0) is 4.79 Å². The van der Waals surface area contributed by atoms with Crippen LogP contribution in [0.4, 0.5) is 0 Å². The fourth-order valence-electron chi connectivity index (χ4n) is 2.79. The average Bonchev–Trinajstić information content (AvgIpc) is 2.55. The third-order valence-corrected chi connectivity index (χ3v) is 3.52. The molecule has 0 N–H and O–H groups in total. The molecule has 0 bridgehead atoms. The summed E-state index contributed by atoms with van der Waals surface area (Å²) in [6.45, 7) is 3.08. The maximum atomic E-state index is 11.7. The number of carbonyl (C=O) groups excluding carboxylic acids is 1. The molecule has 0 atom stereocenters. The second-order valence-corrected chi connectivity index (χ2v) is 4.63. The van der Waals surface area contributed by atoms with Gasteiger partial charge < -0.3 is 4.90 Å². The Morgan fingerprint density at radius 3 is 2.93 bits per heavy atom. The Morgan fingerprint density at radius 2 is 2.07 bits per heavy atom. The van der Waals surface area contributed by atoms with E-state index >= 15 is 0 Å². The van der Waals surface area contributed by atoms with E-state index in [2.05, 4.69) is 19.1 Å². The lowest BCUT2D eigenvalue weighted by Crippen LogP contribution is -2.32. The quantitative estimate of drug-likeness (QED) is 0.589. The van der Waals surface area contributed by atoms with Crippen LogP contribution >= 0.6 is 0 Å². The van der Waals surface area contributed by atoms with E-state index in [0.717, 1.165) is 25.8 Å². The van der Waals surface area contributed by atoms with Crippen LogP contribution in [0.3, 0.4) is 0 Å². The second-order valence-electron chi connectivity index (χ2n) is 4.63. The molecule has 1 fully saturated rings. The highest BCUT2D eigenvalue weighted by Gasteiger charge is 2.33. The highest BCUT2D eigenvalue weighted by atomic mass is 16.2. The fraction of sp³-hybridized carbons (Fsp3) is 0.462. The molecular formula is C13H15NO. The zero-order valence-electron chi connectivity index (χ0n) is 9.05. The Kier molecular flexibility index (Phi) is 1.84. The molecule has 0 spiro atoms. The smallest absolute Gasteiger partial charge is 0.227 e. The Balaban J connectivity index is 2.11.